The molecule has 0 aliphatic carbocycles. The molecule has 3 rings (SSSR count). The van der Waals surface area contributed by atoms with Crippen LogP contribution in [0.4, 0.5) is 0 Å². The maximum Gasteiger partial charge on any atom is 0.305 e. The summed E-state index contributed by atoms with van der Waals surface area (Å²) in [5.41, 5.74) is 3.68. The number of aromatic nitrogens is 1. The average Bonchev–Trinajstić information content (AvgIpc) is 3.29. The number of thiazole rings is 1. The zero-order chi connectivity index (χ0) is 25.4. The van der Waals surface area contributed by atoms with Crippen molar-refractivity contribution in [2.75, 3.05) is 12.3 Å². The van der Waals surface area contributed by atoms with Gasteiger partial charge in [-0.25, -0.2) is 18.1 Å². The van der Waals surface area contributed by atoms with Gasteiger partial charge in [-0.3, -0.25) is 13.8 Å². The van der Waals surface area contributed by atoms with Gasteiger partial charge >= 0.3 is 5.97 Å². The summed E-state index contributed by atoms with van der Waals surface area (Å²) in [4.78, 5) is 27.3. The van der Waals surface area contributed by atoms with Crippen LogP contribution in [0.5, 0.6) is 0 Å². The smallest absolute Gasteiger partial charge is 0.305 e. The van der Waals surface area contributed by atoms with E-state index in [1.807, 2.05) is 0 Å². The van der Waals surface area contributed by atoms with Crippen molar-refractivity contribution in [1.29, 1.82) is 0 Å². The second-order valence-corrected chi connectivity index (χ2v) is 11.8. The Morgan fingerprint density at radius 2 is 2.03 bits per heavy atom. The predicted octanol–water partition coefficient (Wildman–Crippen LogP) is 2.67. The first-order valence-electron chi connectivity index (χ1n) is 10.6. The molecule has 0 fully saturated rings. The van der Waals surface area contributed by atoms with E-state index in [1.165, 1.54) is 29.5 Å². The zero-order valence-corrected chi connectivity index (χ0v) is 21.1. The average molecular weight is 536 g/mol. The van der Waals surface area contributed by atoms with Crippen molar-refractivity contribution in [3.63, 3.8) is 0 Å². The number of carboxylic acids is 1. The van der Waals surface area contributed by atoms with E-state index in [0.29, 0.717) is 29.8 Å². The summed E-state index contributed by atoms with van der Waals surface area (Å²) in [5.74, 6) is -0.879. The molecule has 0 radical (unpaired) electrons. The van der Waals surface area contributed by atoms with Gasteiger partial charge in [0.1, 0.15) is 0 Å². The topological polar surface area (TPSA) is 143 Å². The number of carboxylic acid groups (broad SMARTS) is 1. The summed E-state index contributed by atoms with van der Waals surface area (Å²) in [6, 6.07) is 10.4. The van der Waals surface area contributed by atoms with Gasteiger partial charge < -0.3 is 10.4 Å². The largest absolute Gasteiger partial charge is 0.481 e. The van der Waals surface area contributed by atoms with Crippen LogP contribution in [0.2, 0.25) is 0 Å². The SMILES string of the molecule is C=CC(CC(=O)O)NS(=O)(=O)c1cccc(CS(=O)CCCNC(=O)c2ccc3ncsc3c2)c1. The van der Waals surface area contributed by atoms with Gasteiger partial charge in [-0.1, -0.05) is 18.2 Å². The highest BCUT2D eigenvalue weighted by atomic mass is 32.2. The molecule has 3 aromatic rings. The number of rotatable bonds is 13. The highest BCUT2D eigenvalue weighted by Crippen LogP contribution is 2.19. The number of benzene rings is 2. The highest BCUT2D eigenvalue weighted by Gasteiger charge is 2.20. The number of aliphatic carboxylic acids is 1. The van der Waals surface area contributed by atoms with Gasteiger partial charge in [-0.15, -0.1) is 17.9 Å². The summed E-state index contributed by atoms with van der Waals surface area (Å²) in [6.45, 7) is 3.82. The molecule has 12 heteroatoms. The van der Waals surface area contributed by atoms with Gasteiger partial charge in [0.25, 0.3) is 5.91 Å². The van der Waals surface area contributed by atoms with Gasteiger partial charge in [0, 0.05) is 34.4 Å². The molecule has 0 saturated heterocycles. The second-order valence-electron chi connectivity index (χ2n) is 7.64. The molecule has 186 valence electrons. The fourth-order valence-corrected chi connectivity index (χ4v) is 6.38. The van der Waals surface area contributed by atoms with E-state index >= 15 is 0 Å². The van der Waals surface area contributed by atoms with E-state index in [4.69, 9.17) is 5.11 Å². The molecule has 2 unspecified atom stereocenters. The number of hydrogen-bond donors (Lipinski definition) is 3. The molecule has 2 atom stereocenters. The standard InChI is InChI=1S/C23H25N3O6S3/c1-2-18(13-22(27)28)26-35(31,32)19-6-3-5-16(11-19)14-34(30)10-4-9-24-23(29)17-7-8-20-21(12-17)33-15-25-20/h2-3,5-8,11-12,15,18,26H,1,4,9-10,13-14H2,(H,24,29)(H,27,28). The Morgan fingerprint density at radius 1 is 1.23 bits per heavy atom. The van der Waals surface area contributed by atoms with Crippen molar-refractivity contribution in [1.82, 2.24) is 15.0 Å². The van der Waals surface area contributed by atoms with Crippen LogP contribution in [0.1, 0.15) is 28.8 Å². The summed E-state index contributed by atoms with van der Waals surface area (Å²) in [7, 11) is -5.24. The molecule has 35 heavy (non-hydrogen) atoms. The van der Waals surface area contributed by atoms with Crippen LogP contribution in [0.15, 0.2) is 65.5 Å². The Kier molecular flexibility index (Phi) is 9.26. The van der Waals surface area contributed by atoms with Gasteiger partial charge in [-0.05, 0) is 42.3 Å². The quantitative estimate of drug-likeness (QED) is 0.226. The number of hydrogen-bond acceptors (Lipinski definition) is 7. The van der Waals surface area contributed by atoms with E-state index in [9.17, 15) is 22.2 Å². The molecule has 0 spiro atoms. The molecular weight excluding hydrogens is 510 g/mol. The van der Waals surface area contributed by atoms with Crippen LogP contribution < -0.4 is 10.0 Å². The number of fused-ring (bicyclic) bond motifs is 1. The molecule has 9 nitrogen and oxygen atoms in total. The van der Waals surface area contributed by atoms with Crippen LogP contribution >= 0.6 is 11.3 Å². The molecule has 0 aliphatic rings. The Morgan fingerprint density at radius 3 is 2.77 bits per heavy atom. The van der Waals surface area contributed by atoms with Crippen LogP contribution in [-0.4, -0.2) is 52.9 Å². The van der Waals surface area contributed by atoms with E-state index in [0.717, 1.165) is 10.2 Å². The molecule has 0 aliphatic heterocycles. The summed E-state index contributed by atoms with van der Waals surface area (Å²) >= 11 is 1.46. The fraction of sp³-hybridized carbons (Fsp3) is 0.261. The predicted molar refractivity (Wildman–Crippen MR) is 136 cm³/mol. The first-order valence-corrected chi connectivity index (χ1v) is 14.4. The maximum atomic E-state index is 12.6. The van der Waals surface area contributed by atoms with Crippen LogP contribution in [0.3, 0.4) is 0 Å². The van der Waals surface area contributed by atoms with E-state index < -0.39 is 39.3 Å². The molecule has 1 amide bonds. The number of nitrogens with one attached hydrogen (secondary N) is 2. The molecule has 1 aromatic heterocycles. The minimum Gasteiger partial charge on any atom is -0.481 e. The van der Waals surface area contributed by atoms with Crippen molar-refractivity contribution >= 4 is 54.3 Å². The zero-order valence-electron chi connectivity index (χ0n) is 18.7. The van der Waals surface area contributed by atoms with Gasteiger partial charge in [0.15, 0.2) is 0 Å². The van der Waals surface area contributed by atoms with E-state index in [2.05, 4.69) is 21.6 Å². The summed E-state index contributed by atoms with van der Waals surface area (Å²) < 4.78 is 40.9. The van der Waals surface area contributed by atoms with Crippen molar-refractivity contribution in [3.8, 4) is 0 Å². The third-order valence-corrected chi connectivity index (χ3v) is 8.63. The third kappa shape index (κ3) is 7.79. The van der Waals surface area contributed by atoms with Crippen molar-refractivity contribution in [2.45, 2.75) is 29.5 Å². The molecule has 2 aromatic carbocycles. The summed E-state index contributed by atoms with van der Waals surface area (Å²) in [6.07, 6.45) is 1.29. The lowest BCUT2D eigenvalue weighted by atomic mass is 10.2. The Labute approximate surface area is 209 Å². The molecule has 0 bridgehead atoms. The van der Waals surface area contributed by atoms with Gasteiger partial charge in [-0.2, -0.15) is 0 Å². The van der Waals surface area contributed by atoms with Gasteiger partial charge in [0.05, 0.1) is 33.1 Å². The van der Waals surface area contributed by atoms with Crippen LogP contribution in [0.25, 0.3) is 10.2 Å². The minimum atomic E-state index is -3.98. The number of carbonyl (C=O) groups excluding carboxylic acids is 1. The first kappa shape index (κ1) is 26.7. The Balaban J connectivity index is 1.49. The normalized spacial score (nSPS) is 13.3. The lowest BCUT2D eigenvalue weighted by Crippen LogP contribution is -2.35. The van der Waals surface area contributed by atoms with Gasteiger partial charge in [0.2, 0.25) is 10.0 Å². The number of carbonyl (C=O) groups is 2. The van der Waals surface area contributed by atoms with Crippen molar-refractivity contribution in [2.24, 2.45) is 0 Å². The molecular formula is C23H25N3O6S3. The van der Waals surface area contributed by atoms with Crippen molar-refractivity contribution < 1.29 is 27.3 Å². The summed E-state index contributed by atoms with van der Waals surface area (Å²) in [5, 5.41) is 11.7. The number of nitrogens with zero attached hydrogens (tertiary/aromatic N) is 1. The van der Waals surface area contributed by atoms with Crippen LogP contribution in [-0.2, 0) is 31.4 Å². The third-order valence-electron chi connectivity index (χ3n) is 4.95. The maximum absolute atomic E-state index is 12.6. The first-order chi connectivity index (χ1) is 16.7. The Hall–Kier alpha value is -2.93. The highest BCUT2D eigenvalue weighted by molar-refractivity contribution is 7.89. The van der Waals surface area contributed by atoms with Crippen LogP contribution in [0, 0.1) is 0 Å². The number of amides is 1. The van der Waals surface area contributed by atoms with E-state index in [-0.39, 0.29) is 16.6 Å². The second kappa shape index (κ2) is 12.2. The molecule has 3 N–H and O–H groups in total. The molecule has 0 saturated carbocycles. The number of sulfonamides is 1. The minimum absolute atomic E-state index is 0.0468. The Bertz CT molecular complexity index is 1350. The monoisotopic (exact) mass is 535 g/mol. The van der Waals surface area contributed by atoms with Crippen molar-refractivity contribution in [3.05, 3.63) is 71.8 Å². The van der Waals surface area contributed by atoms with E-state index in [1.54, 1.807) is 35.8 Å². The fourth-order valence-electron chi connectivity index (χ4n) is 3.22. The lowest BCUT2D eigenvalue weighted by molar-refractivity contribution is -0.137. The lowest BCUT2D eigenvalue weighted by Gasteiger charge is -2.13. The molecule has 1 heterocycles.